The van der Waals surface area contributed by atoms with Crippen LogP contribution in [0.5, 0.6) is 0 Å². The fourth-order valence-electron chi connectivity index (χ4n) is 1.08. The van der Waals surface area contributed by atoms with Crippen LogP contribution in [0.3, 0.4) is 0 Å². The van der Waals surface area contributed by atoms with Gasteiger partial charge >= 0.3 is 0 Å². The van der Waals surface area contributed by atoms with E-state index < -0.39 is 0 Å². The average Bonchev–Trinajstić information content (AvgIpc) is 2.08. The molecule has 1 atom stereocenters. The van der Waals surface area contributed by atoms with Gasteiger partial charge in [0.1, 0.15) is 5.82 Å². The van der Waals surface area contributed by atoms with E-state index in [1.54, 1.807) is 0 Å². The van der Waals surface area contributed by atoms with Crippen LogP contribution in [0.2, 0.25) is 0 Å². The lowest BCUT2D eigenvalue weighted by Crippen LogP contribution is -2.10. The molecule has 0 saturated carbocycles. The molecule has 0 spiro atoms. The standard InChI is InChI=1S/C11H14BrF/c1-8(2)11(12)7-9-3-5-10(13)6-4-9/h3-6,8,11H,7H2,1-2H3. The lowest BCUT2D eigenvalue weighted by molar-refractivity contribution is 0.608. The number of alkyl halides is 1. The Morgan fingerprint density at radius 2 is 1.77 bits per heavy atom. The van der Waals surface area contributed by atoms with Crippen LogP contribution in [0.4, 0.5) is 4.39 Å². The number of rotatable bonds is 3. The molecule has 0 aliphatic carbocycles. The molecule has 0 N–H and O–H groups in total. The highest BCUT2D eigenvalue weighted by Gasteiger charge is 2.09. The van der Waals surface area contributed by atoms with Crippen molar-refractivity contribution in [3.05, 3.63) is 35.6 Å². The highest BCUT2D eigenvalue weighted by molar-refractivity contribution is 9.09. The maximum Gasteiger partial charge on any atom is 0.123 e. The van der Waals surface area contributed by atoms with Crippen LogP contribution in [0.1, 0.15) is 19.4 Å². The third-order valence-electron chi connectivity index (χ3n) is 2.07. The summed E-state index contributed by atoms with van der Waals surface area (Å²) in [6.45, 7) is 4.34. The molecule has 13 heavy (non-hydrogen) atoms. The van der Waals surface area contributed by atoms with E-state index >= 15 is 0 Å². The van der Waals surface area contributed by atoms with E-state index in [1.165, 1.54) is 17.7 Å². The van der Waals surface area contributed by atoms with Gasteiger partial charge in [0.15, 0.2) is 0 Å². The molecule has 0 nitrogen and oxygen atoms in total. The van der Waals surface area contributed by atoms with Gasteiger partial charge in [0, 0.05) is 4.83 Å². The first kappa shape index (κ1) is 10.7. The second kappa shape index (κ2) is 4.75. The van der Waals surface area contributed by atoms with Crippen LogP contribution in [-0.2, 0) is 6.42 Å². The molecule has 1 aromatic rings. The fourth-order valence-corrected chi connectivity index (χ4v) is 1.46. The summed E-state index contributed by atoms with van der Waals surface area (Å²) in [4.78, 5) is 0.470. The van der Waals surface area contributed by atoms with Crippen molar-refractivity contribution in [2.75, 3.05) is 0 Å². The normalized spacial score (nSPS) is 13.3. The van der Waals surface area contributed by atoms with Gasteiger partial charge in [-0.3, -0.25) is 0 Å². The van der Waals surface area contributed by atoms with Crippen molar-refractivity contribution >= 4 is 15.9 Å². The number of benzene rings is 1. The zero-order chi connectivity index (χ0) is 9.84. The van der Waals surface area contributed by atoms with E-state index in [0.717, 1.165) is 6.42 Å². The molecule has 0 fully saturated rings. The van der Waals surface area contributed by atoms with Gasteiger partial charge in [0.05, 0.1) is 0 Å². The third kappa shape index (κ3) is 3.47. The van der Waals surface area contributed by atoms with Gasteiger partial charge in [-0.1, -0.05) is 41.9 Å². The summed E-state index contributed by atoms with van der Waals surface area (Å²) in [5.74, 6) is 0.435. The zero-order valence-corrected chi connectivity index (χ0v) is 9.51. The van der Waals surface area contributed by atoms with E-state index in [-0.39, 0.29) is 5.82 Å². The Hall–Kier alpha value is -0.370. The van der Waals surface area contributed by atoms with Gasteiger partial charge in [0.2, 0.25) is 0 Å². The van der Waals surface area contributed by atoms with Crippen LogP contribution in [0.15, 0.2) is 24.3 Å². The van der Waals surface area contributed by atoms with Gasteiger partial charge in [-0.2, -0.15) is 0 Å². The molecule has 1 aromatic carbocycles. The molecule has 0 aliphatic rings. The van der Waals surface area contributed by atoms with Crippen LogP contribution < -0.4 is 0 Å². The Bertz CT molecular complexity index is 253. The first-order valence-electron chi connectivity index (χ1n) is 4.48. The summed E-state index contributed by atoms with van der Waals surface area (Å²) in [6, 6.07) is 6.70. The molecular formula is C11H14BrF. The lowest BCUT2D eigenvalue weighted by atomic mass is 10.0. The quantitative estimate of drug-likeness (QED) is 0.711. The predicted octanol–water partition coefficient (Wildman–Crippen LogP) is 3.79. The van der Waals surface area contributed by atoms with Crippen LogP contribution in [0, 0.1) is 11.7 Å². The minimum absolute atomic E-state index is 0.167. The van der Waals surface area contributed by atoms with Crippen molar-refractivity contribution in [1.82, 2.24) is 0 Å². The first-order chi connectivity index (χ1) is 6.09. The lowest BCUT2D eigenvalue weighted by Gasteiger charge is -2.13. The van der Waals surface area contributed by atoms with Gasteiger partial charge in [-0.05, 0) is 30.0 Å². The summed E-state index contributed by atoms with van der Waals surface area (Å²) >= 11 is 3.60. The maximum absolute atomic E-state index is 12.6. The summed E-state index contributed by atoms with van der Waals surface area (Å²) in [6.07, 6.45) is 0.956. The van der Waals surface area contributed by atoms with Crippen LogP contribution >= 0.6 is 15.9 Å². The molecular weight excluding hydrogens is 231 g/mol. The second-order valence-corrected chi connectivity index (χ2v) is 4.77. The topological polar surface area (TPSA) is 0 Å². The molecule has 72 valence electrons. The van der Waals surface area contributed by atoms with Crippen molar-refractivity contribution < 1.29 is 4.39 Å². The molecule has 1 rings (SSSR count). The Morgan fingerprint density at radius 3 is 2.23 bits per heavy atom. The fraction of sp³-hybridized carbons (Fsp3) is 0.455. The van der Waals surface area contributed by atoms with E-state index in [0.29, 0.717) is 10.7 Å². The maximum atomic E-state index is 12.6. The van der Waals surface area contributed by atoms with Crippen molar-refractivity contribution in [3.63, 3.8) is 0 Å². The van der Waals surface area contributed by atoms with Crippen molar-refractivity contribution in [1.29, 1.82) is 0 Å². The van der Waals surface area contributed by atoms with E-state index in [1.807, 2.05) is 12.1 Å². The first-order valence-corrected chi connectivity index (χ1v) is 5.39. The Balaban J connectivity index is 2.59. The molecule has 0 bridgehead atoms. The molecule has 0 saturated heterocycles. The Labute approximate surface area is 87.3 Å². The van der Waals surface area contributed by atoms with Gasteiger partial charge in [-0.15, -0.1) is 0 Å². The summed E-state index contributed by atoms with van der Waals surface area (Å²) < 4.78 is 12.6. The minimum Gasteiger partial charge on any atom is -0.207 e. The Morgan fingerprint density at radius 1 is 1.23 bits per heavy atom. The Kier molecular flexibility index (Phi) is 3.91. The second-order valence-electron chi connectivity index (χ2n) is 3.59. The highest BCUT2D eigenvalue weighted by atomic mass is 79.9. The van der Waals surface area contributed by atoms with E-state index in [9.17, 15) is 4.39 Å². The molecule has 0 amide bonds. The van der Waals surface area contributed by atoms with E-state index in [4.69, 9.17) is 0 Å². The number of hydrogen-bond donors (Lipinski definition) is 0. The summed E-state index contributed by atoms with van der Waals surface area (Å²) in [5, 5.41) is 0. The number of hydrogen-bond acceptors (Lipinski definition) is 0. The molecule has 0 aliphatic heterocycles. The third-order valence-corrected chi connectivity index (χ3v) is 3.45. The minimum atomic E-state index is -0.167. The van der Waals surface area contributed by atoms with Crippen LogP contribution in [-0.4, -0.2) is 4.83 Å². The van der Waals surface area contributed by atoms with Crippen molar-refractivity contribution in [2.45, 2.75) is 25.1 Å². The molecule has 1 unspecified atom stereocenters. The largest absolute Gasteiger partial charge is 0.207 e. The zero-order valence-electron chi connectivity index (χ0n) is 7.93. The number of halogens is 2. The SMILES string of the molecule is CC(C)C(Br)Cc1ccc(F)cc1. The molecule has 2 heteroatoms. The van der Waals surface area contributed by atoms with Crippen molar-refractivity contribution in [3.8, 4) is 0 Å². The smallest absolute Gasteiger partial charge is 0.123 e. The van der Waals surface area contributed by atoms with E-state index in [2.05, 4.69) is 29.8 Å². The summed E-state index contributed by atoms with van der Waals surface area (Å²) in [5.41, 5.74) is 1.18. The van der Waals surface area contributed by atoms with Crippen LogP contribution in [0.25, 0.3) is 0 Å². The van der Waals surface area contributed by atoms with Gasteiger partial charge in [0.25, 0.3) is 0 Å². The molecule has 0 aromatic heterocycles. The monoisotopic (exact) mass is 244 g/mol. The molecule has 0 radical (unpaired) electrons. The predicted molar refractivity (Wildman–Crippen MR) is 57.7 cm³/mol. The van der Waals surface area contributed by atoms with Gasteiger partial charge in [-0.25, -0.2) is 4.39 Å². The summed E-state index contributed by atoms with van der Waals surface area (Å²) in [7, 11) is 0. The average molecular weight is 245 g/mol. The highest BCUT2D eigenvalue weighted by Crippen LogP contribution is 2.17. The molecule has 0 heterocycles. The van der Waals surface area contributed by atoms with Gasteiger partial charge < -0.3 is 0 Å². The van der Waals surface area contributed by atoms with Crippen molar-refractivity contribution in [2.24, 2.45) is 5.92 Å².